The highest BCUT2D eigenvalue weighted by atomic mass is 16.5. The minimum atomic E-state index is 0.319. The first-order valence-corrected chi connectivity index (χ1v) is 7.24. The van der Waals surface area contributed by atoms with Crippen molar-refractivity contribution >= 4 is 6.08 Å². The third-order valence-corrected chi connectivity index (χ3v) is 3.66. The number of aromatic nitrogens is 2. The van der Waals surface area contributed by atoms with Crippen LogP contribution in [0.4, 0.5) is 0 Å². The Balaban J connectivity index is 1.85. The fourth-order valence-corrected chi connectivity index (χ4v) is 2.17. The van der Waals surface area contributed by atoms with Crippen LogP contribution < -0.4 is 10.1 Å². The number of hydrogen-bond donors (Lipinski definition) is 1. The summed E-state index contributed by atoms with van der Waals surface area (Å²) in [5, 5.41) is 7.77. The molecule has 1 aromatic carbocycles. The SMILES string of the molecule is COc1ccccc1/C=C/CN[C@H](C)[C@H](C)n1cccn1. The van der Waals surface area contributed by atoms with Gasteiger partial charge in [-0.2, -0.15) is 5.10 Å². The Morgan fingerprint density at radius 1 is 1.29 bits per heavy atom. The summed E-state index contributed by atoms with van der Waals surface area (Å²) in [5.74, 6) is 0.895. The fraction of sp³-hybridized carbons (Fsp3) is 0.353. The summed E-state index contributed by atoms with van der Waals surface area (Å²) >= 11 is 0. The summed E-state index contributed by atoms with van der Waals surface area (Å²) in [6.07, 6.45) is 8.00. The quantitative estimate of drug-likeness (QED) is 0.849. The molecule has 112 valence electrons. The largest absolute Gasteiger partial charge is 0.496 e. The summed E-state index contributed by atoms with van der Waals surface area (Å²) < 4.78 is 7.30. The second-order valence-electron chi connectivity index (χ2n) is 5.07. The zero-order valence-electron chi connectivity index (χ0n) is 12.9. The highest BCUT2D eigenvalue weighted by Crippen LogP contribution is 2.18. The lowest BCUT2D eigenvalue weighted by molar-refractivity contribution is 0.376. The molecule has 0 fully saturated rings. The van der Waals surface area contributed by atoms with Crippen LogP contribution in [0.5, 0.6) is 5.75 Å². The molecular weight excluding hydrogens is 262 g/mol. The van der Waals surface area contributed by atoms with Crippen molar-refractivity contribution in [2.75, 3.05) is 13.7 Å². The van der Waals surface area contributed by atoms with Crippen LogP contribution in [0.15, 0.2) is 48.8 Å². The molecule has 0 radical (unpaired) electrons. The van der Waals surface area contributed by atoms with Crippen LogP contribution in [0, 0.1) is 0 Å². The standard InChI is InChI=1S/C17H23N3O/c1-14(15(2)20-13-7-12-19-20)18-11-6-9-16-8-4-5-10-17(16)21-3/h4-10,12-15,18H,11H2,1-3H3/b9-6+/t14-,15+/m1/s1. The molecule has 0 aliphatic carbocycles. The molecular formula is C17H23N3O. The van der Waals surface area contributed by atoms with Crippen LogP contribution in [-0.2, 0) is 0 Å². The first-order chi connectivity index (χ1) is 10.2. The number of methoxy groups -OCH3 is 1. The van der Waals surface area contributed by atoms with Gasteiger partial charge >= 0.3 is 0 Å². The zero-order valence-corrected chi connectivity index (χ0v) is 12.9. The topological polar surface area (TPSA) is 39.1 Å². The third kappa shape index (κ3) is 4.20. The van der Waals surface area contributed by atoms with E-state index in [0.29, 0.717) is 12.1 Å². The van der Waals surface area contributed by atoms with Crippen molar-refractivity contribution in [3.8, 4) is 5.75 Å². The number of ether oxygens (including phenoxy) is 1. The zero-order chi connectivity index (χ0) is 15.1. The van der Waals surface area contributed by atoms with Gasteiger partial charge in [-0.05, 0) is 26.0 Å². The molecule has 0 spiro atoms. The molecule has 1 aromatic heterocycles. The van der Waals surface area contributed by atoms with Crippen LogP contribution in [0.3, 0.4) is 0 Å². The van der Waals surface area contributed by atoms with Gasteiger partial charge in [0.2, 0.25) is 0 Å². The average Bonchev–Trinajstić information content (AvgIpc) is 3.05. The molecule has 0 saturated carbocycles. The van der Waals surface area contributed by atoms with Gasteiger partial charge in [0.15, 0.2) is 0 Å². The number of para-hydroxylation sites is 1. The van der Waals surface area contributed by atoms with Gasteiger partial charge in [0, 0.05) is 30.5 Å². The molecule has 2 rings (SSSR count). The molecule has 4 nitrogen and oxygen atoms in total. The monoisotopic (exact) mass is 285 g/mol. The summed E-state index contributed by atoms with van der Waals surface area (Å²) in [4.78, 5) is 0. The van der Waals surface area contributed by atoms with Crippen molar-refractivity contribution in [2.24, 2.45) is 0 Å². The van der Waals surface area contributed by atoms with Crippen LogP contribution in [0.2, 0.25) is 0 Å². The Morgan fingerprint density at radius 3 is 2.81 bits per heavy atom. The van der Waals surface area contributed by atoms with E-state index in [1.807, 2.05) is 47.4 Å². The molecule has 0 aliphatic rings. The van der Waals surface area contributed by atoms with E-state index in [0.717, 1.165) is 17.9 Å². The predicted octanol–water partition coefficient (Wildman–Crippen LogP) is 3.14. The van der Waals surface area contributed by atoms with Gasteiger partial charge in [-0.3, -0.25) is 4.68 Å². The van der Waals surface area contributed by atoms with Crippen LogP contribution in [0.25, 0.3) is 6.08 Å². The molecule has 0 saturated heterocycles. The van der Waals surface area contributed by atoms with Crippen molar-refractivity contribution in [2.45, 2.75) is 25.9 Å². The molecule has 1 heterocycles. The molecule has 2 aromatic rings. The van der Waals surface area contributed by atoms with E-state index in [1.165, 1.54) is 0 Å². The molecule has 0 amide bonds. The van der Waals surface area contributed by atoms with Crippen molar-refractivity contribution in [1.82, 2.24) is 15.1 Å². The van der Waals surface area contributed by atoms with Gasteiger partial charge in [-0.25, -0.2) is 0 Å². The summed E-state index contributed by atoms with van der Waals surface area (Å²) in [5.41, 5.74) is 1.09. The van der Waals surface area contributed by atoms with Crippen molar-refractivity contribution in [3.05, 3.63) is 54.4 Å². The lowest BCUT2D eigenvalue weighted by Crippen LogP contribution is -2.34. The highest BCUT2D eigenvalue weighted by molar-refractivity contribution is 5.57. The van der Waals surface area contributed by atoms with Gasteiger partial charge in [0.1, 0.15) is 5.75 Å². The Kier molecular flexibility index (Phi) is 5.58. The Labute approximate surface area is 126 Å². The van der Waals surface area contributed by atoms with Crippen molar-refractivity contribution < 1.29 is 4.74 Å². The number of benzene rings is 1. The van der Waals surface area contributed by atoms with Crippen LogP contribution in [-0.4, -0.2) is 29.5 Å². The van der Waals surface area contributed by atoms with Crippen molar-refractivity contribution in [1.29, 1.82) is 0 Å². The average molecular weight is 285 g/mol. The number of nitrogens with zero attached hydrogens (tertiary/aromatic N) is 2. The van der Waals surface area contributed by atoms with E-state index < -0.39 is 0 Å². The predicted molar refractivity (Wildman–Crippen MR) is 86.4 cm³/mol. The Bertz CT molecular complexity index is 563. The van der Waals surface area contributed by atoms with Crippen LogP contribution in [0.1, 0.15) is 25.5 Å². The lowest BCUT2D eigenvalue weighted by atomic mass is 10.1. The van der Waals surface area contributed by atoms with E-state index in [-0.39, 0.29) is 0 Å². The minimum Gasteiger partial charge on any atom is -0.496 e. The van der Waals surface area contributed by atoms with Gasteiger partial charge in [0.05, 0.1) is 13.2 Å². The molecule has 0 unspecified atom stereocenters. The minimum absolute atomic E-state index is 0.319. The molecule has 4 heteroatoms. The summed E-state index contributed by atoms with van der Waals surface area (Å²) in [7, 11) is 1.69. The van der Waals surface area contributed by atoms with Gasteiger partial charge in [-0.1, -0.05) is 30.4 Å². The van der Waals surface area contributed by atoms with Crippen molar-refractivity contribution in [3.63, 3.8) is 0 Å². The molecule has 21 heavy (non-hydrogen) atoms. The maximum absolute atomic E-state index is 5.33. The van der Waals surface area contributed by atoms with E-state index in [9.17, 15) is 0 Å². The van der Waals surface area contributed by atoms with E-state index in [2.05, 4.69) is 36.4 Å². The molecule has 2 atom stereocenters. The first kappa shape index (κ1) is 15.3. The highest BCUT2D eigenvalue weighted by Gasteiger charge is 2.12. The number of rotatable bonds is 7. The lowest BCUT2D eigenvalue weighted by Gasteiger charge is -2.21. The maximum Gasteiger partial charge on any atom is 0.126 e. The maximum atomic E-state index is 5.33. The molecule has 0 aliphatic heterocycles. The summed E-state index contributed by atoms with van der Waals surface area (Å²) in [6.45, 7) is 5.14. The first-order valence-electron chi connectivity index (χ1n) is 7.24. The van der Waals surface area contributed by atoms with Gasteiger partial charge < -0.3 is 10.1 Å². The third-order valence-electron chi connectivity index (χ3n) is 3.66. The van der Waals surface area contributed by atoms with E-state index >= 15 is 0 Å². The Morgan fingerprint density at radius 2 is 2.10 bits per heavy atom. The normalized spacial score (nSPS) is 14.2. The van der Waals surface area contributed by atoms with Crippen LogP contribution >= 0.6 is 0 Å². The van der Waals surface area contributed by atoms with E-state index in [1.54, 1.807) is 7.11 Å². The van der Waals surface area contributed by atoms with Gasteiger partial charge in [-0.15, -0.1) is 0 Å². The molecule has 0 bridgehead atoms. The number of hydrogen-bond acceptors (Lipinski definition) is 3. The second-order valence-corrected chi connectivity index (χ2v) is 5.07. The second kappa shape index (κ2) is 7.64. The van der Waals surface area contributed by atoms with E-state index in [4.69, 9.17) is 4.74 Å². The summed E-state index contributed by atoms with van der Waals surface area (Å²) in [6, 6.07) is 10.6. The molecule has 1 N–H and O–H groups in total. The number of nitrogens with one attached hydrogen (secondary N) is 1. The Hall–Kier alpha value is -2.07. The fourth-order valence-electron chi connectivity index (χ4n) is 2.17. The smallest absolute Gasteiger partial charge is 0.126 e. The van der Waals surface area contributed by atoms with Gasteiger partial charge in [0.25, 0.3) is 0 Å².